The second kappa shape index (κ2) is 7.41. The molecule has 1 aliphatic rings. The summed E-state index contributed by atoms with van der Waals surface area (Å²) in [4.78, 5) is 2.40. The van der Waals surface area contributed by atoms with E-state index in [9.17, 15) is 8.78 Å². The van der Waals surface area contributed by atoms with E-state index in [1.165, 1.54) is 24.3 Å². The molecular weight excluding hydrogens is 306 g/mol. The largest absolute Gasteiger partial charge is 0.311 e. The minimum atomic E-state index is -0.239. The molecular formula is C20H24F2N2. The van der Waals surface area contributed by atoms with Gasteiger partial charge in [0.1, 0.15) is 11.6 Å². The average molecular weight is 330 g/mol. The van der Waals surface area contributed by atoms with Crippen LogP contribution in [-0.2, 0) is 0 Å². The maximum atomic E-state index is 13.3. The first-order chi connectivity index (χ1) is 11.5. The van der Waals surface area contributed by atoms with E-state index >= 15 is 0 Å². The molecule has 1 atom stereocenters. The Hall–Kier alpha value is -1.78. The Kier molecular flexibility index (Phi) is 5.27. The number of nitrogens with zero attached hydrogens (tertiary/aromatic N) is 1. The van der Waals surface area contributed by atoms with Crippen LogP contribution in [0.2, 0.25) is 0 Å². The predicted molar refractivity (Wildman–Crippen MR) is 92.8 cm³/mol. The van der Waals surface area contributed by atoms with Gasteiger partial charge in [0.25, 0.3) is 0 Å². The SMILES string of the molecule is CC(C)[C@H]1CN(C(c2ccc(F)cc2)c2ccc(F)cc2)CCN1. The average Bonchev–Trinajstić information content (AvgIpc) is 2.59. The Morgan fingerprint density at radius 2 is 1.42 bits per heavy atom. The number of nitrogens with one attached hydrogen (secondary N) is 1. The third kappa shape index (κ3) is 3.82. The fraction of sp³-hybridized carbons (Fsp3) is 0.400. The number of rotatable bonds is 4. The molecule has 1 aliphatic heterocycles. The van der Waals surface area contributed by atoms with Crippen LogP contribution in [0.25, 0.3) is 0 Å². The standard InChI is InChI=1S/C20H24F2N2/c1-14(2)19-13-24(12-11-23-19)20(15-3-7-17(21)8-4-15)16-5-9-18(22)10-6-16/h3-10,14,19-20,23H,11-13H2,1-2H3/t19-/m1/s1. The van der Waals surface area contributed by atoms with Gasteiger partial charge < -0.3 is 5.32 Å². The molecule has 1 heterocycles. The van der Waals surface area contributed by atoms with Crippen molar-refractivity contribution in [3.63, 3.8) is 0 Å². The third-order valence-corrected chi connectivity index (χ3v) is 4.78. The quantitative estimate of drug-likeness (QED) is 0.912. The summed E-state index contributed by atoms with van der Waals surface area (Å²) in [5.74, 6) is 0.0591. The van der Waals surface area contributed by atoms with Gasteiger partial charge in [0.05, 0.1) is 6.04 Å². The molecule has 0 amide bonds. The van der Waals surface area contributed by atoms with Gasteiger partial charge in [0.15, 0.2) is 0 Å². The van der Waals surface area contributed by atoms with Gasteiger partial charge in [-0.05, 0) is 41.3 Å². The van der Waals surface area contributed by atoms with Gasteiger partial charge in [-0.25, -0.2) is 8.78 Å². The van der Waals surface area contributed by atoms with E-state index in [0.717, 1.165) is 30.8 Å². The van der Waals surface area contributed by atoms with Crippen LogP contribution in [0, 0.1) is 17.6 Å². The molecule has 2 aromatic rings. The summed E-state index contributed by atoms with van der Waals surface area (Å²) in [6.07, 6.45) is 0. The van der Waals surface area contributed by atoms with Crippen molar-refractivity contribution in [2.24, 2.45) is 5.92 Å². The lowest BCUT2D eigenvalue weighted by Gasteiger charge is -2.40. The molecule has 1 fully saturated rings. The smallest absolute Gasteiger partial charge is 0.123 e. The van der Waals surface area contributed by atoms with Crippen LogP contribution < -0.4 is 5.32 Å². The minimum Gasteiger partial charge on any atom is -0.311 e. The first-order valence-electron chi connectivity index (χ1n) is 8.53. The normalized spacial score (nSPS) is 19.2. The van der Waals surface area contributed by atoms with Crippen molar-refractivity contribution in [1.82, 2.24) is 10.2 Å². The molecule has 1 saturated heterocycles. The molecule has 1 N–H and O–H groups in total. The van der Waals surface area contributed by atoms with Gasteiger partial charge in [-0.2, -0.15) is 0 Å². The molecule has 0 aliphatic carbocycles. The molecule has 4 heteroatoms. The van der Waals surface area contributed by atoms with Gasteiger partial charge in [0.2, 0.25) is 0 Å². The summed E-state index contributed by atoms with van der Waals surface area (Å²) in [6, 6.07) is 13.7. The van der Waals surface area contributed by atoms with Crippen molar-refractivity contribution < 1.29 is 8.78 Å². The number of halogens is 2. The third-order valence-electron chi connectivity index (χ3n) is 4.78. The topological polar surface area (TPSA) is 15.3 Å². The summed E-state index contributed by atoms with van der Waals surface area (Å²) in [7, 11) is 0. The second-order valence-corrected chi connectivity index (χ2v) is 6.81. The van der Waals surface area contributed by atoms with Crippen molar-refractivity contribution in [1.29, 1.82) is 0 Å². The van der Waals surface area contributed by atoms with E-state index in [-0.39, 0.29) is 17.7 Å². The van der Waals surface area contributed by atoms with E-state index in [0.29, 0.717) is 12.0 Å². The van der Waals surface area contributed by atoms with Crippen LogP contribution in [0.4, 0.5) is 8.78 Å². The highest BCUT2D eigenvalue weighted by atomic mass is 19.1. The van der Waals surface area contributed by atoms with E-state index in [1.807, 2.05) is 24.3 Å². The monoisotopic (exact) mass is 330 g/mol. The first-order valence-corrected chi connectivity index (χ1v) is 8.53. The predicted octanol–water partition coefficient (Wildman–Crippen LogP) is 3.98. The molecule has 0 bridgehead atoms. The Bertz CT molecular complexity index is 607. The Labute approximate surface area is 142 Å². The molecule has 0 unspecified atom stereocenters. The van der Waals surface area contributed by atoms with Crippen molar-refractivity contribution in [2.45, 2.75) is 25.9 Å². The lowest BCUT2D eigenvalue weighted by atomic mass is 9.94. The molecule has 0 aromatic heterocycles. The molecule has 0 spiro atoms. The van der Waals surface area contributed by atoms with Crippen LogP contribution in [0.15, 0.2) is 48.5 Å². The zero-order valence-electron chi connectivity index (χ0n) is 14.2. The van der Waals surface area contributed by atoms with Gasteiger partial charge in [-0.3, -0.25) is 4.90 Å². The van der Waals surface area contributed by atoms with Crippen molar-refractivity contribution in [3.05, 3.63) is 71.3 Å². The number of benzene rings is 2. The Balaban J connectivity index is 1.95. The van der Waals surface area contributed by atoms with Crippen molar-refractivity contribution >= 4 is 0 Å². The Morgan fingerprint density at radius 3 is 1.88 bits per heavy atom. The fourth-order valence-electron chi connectivity index (χ4n) is 3.39. The second-order valence-electron chi connectivity index (χ2n) is 6.81. The maximum absolute atomic E-state index is 13.3. The van der Waals surface area contributed by atoms with Gasteiger partial charge in [0, 0.05) is 25.7 Å². The van der Waals surface area contributed by atoms with E-state index in [2.05, 4.69) is 24.1 Å². The Morgan fingerprint density at radius 1 is 0.917 bits per heavy atom. The molecule has 2 nitrogen and oxygen atoms in total. The maximum Gasteiger partial charge on any atom is 0.123 e. The fourth-order valence-corrected chi connectivity index (χ4v) is 3.39. The van der Waals surface area contributed by atoms with E-state index in [4.69, 9.17) is 0 Å². The number of hydrogen-bond donors (Lipinski definition) is 1. The highest BCUT2D eigenvalue weighted by Gasteiger charge is 2.29. The zero-order valence-corrected chi connectivity index (χ0v) is 14.2. The van der Waals surface area contributed by atoms with E-state index < -0.39 is 0 Å². The van der Waals surface area contributed by atoms with Crippen LogP contribution in [-0.4, -0.2) is 30.6 Å². The van der Waals surface area contributed by atoms with Crippen molar-refractivity contribution in [2.75, 3.05) is 19.6 Å². The molecule has 3 rings (SSSR count). The van der Waals surface area contributed by atoms with E-state index in [1.54, 1.807) is 0 Å². The molecule has 24 heavy (non-hydrogen) atoms. The van der Waals surface area contributed by atoms with Crippen LogP contribution in [0.3, 0.4) is 0 Å². The van der Waals surface area contributed by atoms with Gasteiger partial charge >= 0.3 is 0 Å². The summed E-state index contributed by atoms with van der Waals surface area (Å²) < 4.78 is 26.7. The van der Waals surface area contributed by atoms with Gasteiger partial charge in [-0.1, -0.05) is 38.1 Å². The zero-order chi connectivity index (χ0) is 17.1. The summed E-state index contributed by atoms with van der Waals surface area (Å²) in [5.41, 5.74) is 2.07. The lowest BCUT2D eigenvalue weighted by Crippen LogP contribution is -2.53. The molecule has 2 aromatic carbocycles. The lowest BCUT2D eigenvalue weighted by molar-refractivity contribution is 0.144. The molecule has 0 saturated carbocycles. The summed E-state index contributed by atoms with van der Waals surface area (Å²) in [5, 5.41) is 3.56. The summed E-state index contributed by atoms with van der Waals surface area (Å²) >= 11 is 0. The molecule has 128 valence electrons. The van der Waals surface area contributed by atoms with Crippen LogP contribution in [0.1, 0.15) is 31.0 Å². The van der Waals surface area contributed by atoms with Crippen LogP contribution in [0.5, 0.6) is 0 Å². The van der Waals surface area contributed by atoms with Gasteiger partial charge in [-0.15, -0.1) is 0 Å². The highest BCUT2D eigenvalue weighted by Crippen LogP contribution is 2.30. The van der Waals surface area contributed by atoms with Crippen molar-refractivity contribution in [3.8, 4) is 0 Å². The minimum absolute atomic E-state index is 0.00884. The summed E-state index contributed by atoms with van der Waals surface area (Å²) in [6.45, 7) is 7.17. The number of hydrogen-bond acceptors (Lipinski definition) is 2. The molecule has 0 radical (unpaired) electrons. The number of piperazine rings is 1. The van der Waals surface area contributed by atoms with Crippen LogP contribution >= 0.6 is 0 Å². The first kappa shape index (κ1) is 17.1. The highest BCUT2D eigenvalue weighted by molar-refractivity contribution is 5.32.